The number of imidazole rings is 1. The summed E-state index contributed by atoms with van der Waals surface area (Å²) in [6, 6.07) is 13.4. The van der Waals surface area contributed by atoms with Gasteiger partial charge in [0, 0.05) is 6.04 Å². The first-order chi connectivity index (χ1) is 18.7. The highest BCUT2D eigenvalue weighted by Gasteiger charge is 2.73. The fourth-order valence-corrected chi connectivity index (χ4v) is 6.56. The number of nitrogens with two attached hydrogens (primary N) is 1. The van der Waals surface area contributed by atoms with E-state index in [2.05, 4.69) is 20.3 Å². The predicted octanol–water partition coefficient (Wildman–Crippen LogP) is 3.18. The number of benzene rings is 1. The fourth-order valence-electron chi connectivity index (χ4n) is 5.41. The topological polar surface area (TPSA) is 163 Å². The van der Waals surface area contributed by atoms with Crippen LogP contribution in [-0.4, -0.2) is 59.5 Å². The molecular weight excluding hydrogens is 523 g/mol. The molecule has 2 aliphatic rings. The number of aromatic nitrogens is 4. The van der Waals surface area contributed by atoms with Crippen molar-refractivity contribution in [2.24, 2.45) is 0 Å². The molecule has 5 N–H and O–H groups in total. The van der Waals surface area contributed by atoms with Gasteiger partial charge in [-0.05, 0) is 38.5 Å². The van der Waals surface area contributed by atoms with Gasteiger partial charge in [-0.15, -0.1) is 0 Å². The van der Waals surface area contributed by atoms with E-state index in [1.54, 1.807) is 43.1 Å². The second kappa shape index (κ2) is 9.90. The monoisotopic (exact) mass is 554 g/mol. The number of fused-ring (bicyclic) bond motifs is 2. The summed E-state index contributed by atoms with van der Waals surface area (Å²) in [5, 5.41) is 15.3. The van der Waals surface area contributed by atoms with Gasteiger partial charge in [0.15, 0.2) is 31.7 Å². The van der Waals surface area contributed by atoms with Crippen molar-refractivity contribution in [2.75, 3.05) is 12.3 Å². The Morgan fingerprint density at radius 2 is 1.97 bits per heavy atom. The van der Waals surface area contributed by atoms with Crippen molar-refractivity contribution in [3.05, 3.63) is 72.7 Å². The number of rotatable bonds is 9. The summed E-state index contributed by atoms with van der Waals surface area (Å²) in [7, 11) is -2.08. The van der Waals surface area contributed by atoms with Gasteiger partial charge in [-0.2, -0.15) is 0 Å². The van der Waals surface area contributed by atoms with E-state index in [-0.39, 0.29) is 18.5 Å². The predicted molar refractivity (Wildman–Crippen MR) is 142 cm³/mol. The number of aliphatic hydroxyl groups is 1. The summed E-state index contributed by atoms with van der Waals surface area (Å²) in [5.74, 6) is 0.173. The Labute approximate surface area is 226 Å². The first-order valence-electron chi connectivity index (χ1n) is 12.6. The fraction of sp³-hybridized carbons (Fsp3) is 0.423. The molecule has 2 saturated heterocycles. The number of nitrogens with one attached hydrogen (secondary N) is 1. The summed E-state index contributed by atoms with van der Waals surface area (Å²) in [4.78, 5) is 23.8. The minimum absolute atomic E-state index is 0.0825. The number of anilines is 1. The summed E-state index contributed by atoms with van der Waals surface area (Å²) in [6.07, 6.45) is 2.18. The molecule has 0 radical (unpaired) electrons. The van der Waals surface area contributed by atoms with Crippen LogP contribution in [0.25, 0.3) is 11.2 Å². The molecular formula is C26H31N6O6P. The summed E-state index contributed by atoms with van der Waals surface area (Å²) in [5.41, 5.74) is 5.60. The van der Waals surface area contributed by atoms with Gasteiger partial charge in [0.2, 0.25) is 0 Å². The van der Waals surface area contributed by atoms with Crippen LogP contribution in [-0.2, 0) is 14.0 Å². The van der Waals surface area contributed by atoms with Crippen LogP contribution in [0.4, 0.5) is 5.82 Å². The molecule has 6 rings (SSSR count). The van der Waals surface area contributed by atoms with Gasteiger partial charge < -0.3 is 34.1 Å². The molecule has 1 aromatic carbocycles. The third-order valence-corrected chi connectivity index (χ3v) is 8.89. The molecule has 0 aliphatic carbocycles. The molecule has 2 unspecified atom stereocenters. The number of ether oxygens (including phenoxy) is 2. The molecule has 3 aromatic heterocycles. The second-order valence-corrected chi connectivity index (χ2v) is 11.7. The molecule has 7 atom stereocenters. The van der Waals surface area contributed by atoms with Gasteiger partial charge in [-0.3, -0.25) is 9.88 Å². The van der Waals surface area contributed by atoms with Gasteiger partial charge in [0.1, 0.15) is 35.6 Å². The van der Waals surface area contributed by atoms with Crippen LogP contribution >= 0.6 is 8.38 Å². The number of hydrogen-bond donors (Lipinski definition) is 4. The average molecular weight is 555 g/mol. The molecule has 5 heterocycles. The van der Waals surface area contributed by atoms with E-state index in [9.17, 15) is 10.00 Å². The number of furan rings is 1. The normalized spacial score (nSPS) is 28.1. The molecule has 0 amide bonds. The quantitative estimate of drug-likeness (QED) is 0.225. The molecule has 2 aliphatic heterocycles. The van der Waals surface area contributed by atoms with Crippen molar-refractivity contribution in [1.29, 1.82) is 0 Å². The van der Waals surface area contributed by atoms with Crippen molar-refractivity contribution in [1.82, 2.24) is 24.8 Å². The van der Waals surface area contributed by atoms with Crippen LogP contribution in [0.5, 0.6) is 0 Å². The zero-order valence-corrected chi connectivity index (χ0v) is 22.6. The number of nitrogen functional groups attached to an aromatic ring is 1. The lowest BCUT2D eigenvalue weighted by Crippen LogP contribution is -2.74. The van der Waals surface area contributed by atoms with Crippen molar-refractivity contribution < 1.29 is 28.4 Å². The van der Waals surface area contributed by atoms with Crippen LogP contribution < -0.4 is 11.1 Å². The first kappa shape index (κ1) is 26.3. The molecule has 39 heavy (non-hydrogen) atoms. The SMILES string of the molecule is C[C@@H](NC(c1ccco1)P(O)OC[C@H]1O[C@@H](n2cnc3c(N)ncnc32)[C@@H]2OC(C)(C)[C@@]12O)c1ccccc1. The van der Waals surface area contributed by atoms with E-state index in [1.165, 1.54) is 6.33 Å². The van der Waals surface area contributed by atoms with E-state index in [1.807, 2.05) is 37.3 Å². The summed E-state index contributed by atoms with van der Waals surface area (Å²) >= 11 is 0. The van der Waals surface area contributed by atoms with E-state index in [0.717, 1.165) is 5.56 Å². The van der Waals surface area contributed by atoms with Gasteiger partial charge in [-0.1, -0.05) is 30.3 Å². The van der Waals surface area contributed by atoms with Gasteiger partial charge in [0.25, 0.3) is 0 Å². The zero-order valence-electron chi connectivity index (χ0n) is 21.7. The Hall–Kier alpha value is -2.96. The maximum Gasteiger partial charge on any atom is 0.194 e. The van der Waals surface area contributed by atoms with Crippen molar-refractivity contribution >= 4 is 25.4 Å². The van der Waals surface area contributed by atoms with Gasteiger partial charge >= 0.3 is 0 Å². The Bertz CT molecular complexity index is 1440. The van der Waals surface area contributed by atoms with E-state index in [0.29, 0.717) is 16.9 Å². The summed E-state index contributed by atoms with van der Waals surface area (Å²) in [6.45, 7) is 5.52. The third kappa shape index (κ3) is 4.33. The average Bonchev–Trinajstić information content (AvgIpc) is 3.66. The van der Waals surface area contributed by atoms with Crippen LogP contribution in [0, 0.1) is 0 Å². The Morgan fingerprint density at radius 3 is 2.69 bits per heavy atom. The maximum atomic E-state index is 11.8. The molecule has 13 heteroatoms. The standard InChI is InChI=1S/C26H31N6O6P/c1-15(16-8-5-4-6-9-16)31-23(17-10-7-11-35-17)39(34)36-12-18-26(33)20(38-25(26,2)3)24(37-18)32-14-30-19-21(27)28-13-29-22(19)32/h4-11,13-15,18,20,23-24,31,33-34H,12H2,1-3H3,(H2,27,28,29)/t15-,18-,20+,23?,24-,26-,39?/m1/s1. The zero-order chi connectivity index (χ0) is 27.4. The molecule has 0 saturated carbocycles. The van der Waals surface area contributed by atoms with E-state index in [4.69, 9.17) is 24.1 Å². The smallest absolute Gasteiger partial charge is 0.194 e. The Kier molecular flexibility index (Phi) is 6.67. The van der Waals surface area contributed by atoms with Gasteiger partial charge in [0.05, 0.1) is 24.8 Å². The minimum Gasteiger partial charge on any atom is -0.467 e. The molecule has 0 spiro atoms. The van der Waals surface area contributed by atoms with Crippen LogP contribution in [0.15, 0.2) is 65.8 Å². The molecule has 4 aromatic rings. The highest BCUT2D eigenvalue weighted by atomic mass is 31.2. The van der Waals surface area contributed by atoms with Crippen LogP contribution in [0.1, 0.15) is 50.1 Å². The maximum absolute atomic E-state index is 11.8. The van der Waals surface area contributed by atoms with E-state index < -0.39 is 43.8 Å². The van der Waals surface area contributed by atoms with Crippen molar-refractivity contribution in [2.45, 2.75) is 62.2 Å². The lowest BCUT2D eigenvalue weighted by molar-refractivity contribution is -0.335. The van der Waals surface area contributed by atoms with Crippen molar-refractivity contribution in [3.8, 4) is 0 Å². The molecule has 206 valence electrons. The third-order valence-electron chi connectivity index (χ3n) is 7.63. The van der Waals surface area contributed by atoms with Crippen LogP contribution in [0.3, 0.4) is 0 Å². The highest BCUT2D eigenvalue weighted by molar-refractivity contribution is 7.46. The highest BCUT2D eigenvalue weighted by Crippen LogP contribution is 2.57. The van der Waals surface area contributed by atoms with Crippen LogP contribution in [0.2, 0.25) is 0 Å². The largest absolute Gasteiger partial charge is 0.467 e. The molecule has 12 nitrogen and oxygen atoms in total. The number of nitrogens with zero attached hydrogens (tertiary/aromatic N) is 4. The lowest BCUT2D eigenvalue weighted by atomic mass is 9.72. The second-order valence-electron chi connectivity index (χ2n) is 10.3. The molecule has 2 fully saturated rings. The Morgan fingerprint density at radius 1 is 1.18 bits per heavy atom. The van der Waals surface area contributed by atoms with Crippen molar-refractivity contribution in [3.63, 3.8) is 0 Å². The first-order valence-corrected chi connectivity index (χ1v) is 13.9. The van der Waals surface area contributed by atoms with E-state index >= 15 is 0 Å². The number of hydrogen-bond acceptors (Lipinski definition) is 11. The minimum atomic E-state index is -2.08. The lowest BCUT2D eigenvalue weighted by Gasteiger charge is -2.56. The molecule has 0 bridgehead atoms. The Balaban J connectivity index is 1.22. The van der Waals surface area contributed by atoms with Gasteiger partial charge in [-0.25, -0.2) is 15.0 Å². The summed E-state index contributed by atoms with van der Waals surface area (Å²) < 4.78 is 25.7.